The van der Waals surface area contributed by atoms with Gasteiger partial charge in [-0.3, -0.25) is 14.4 Å². The lowest BCUT2D eigenvalue weighted by Crippen LogP contribution is -2.49. The van der Waals surface area contributed by atoms with Crippen molar-refractivity contribution in [2.45, 2.75) is 38.5 Å². The predicted octanol–water partition coefficient (Wildman–Crippen LogP) is 1.71. The molecule has 31 heavy (non-hydrogen) atoms. The van der Waals surface area contributed by atoms with Crippen LogP contribution < -0.4 is 10.2 Å². The number of rotatable bonds is 7. The summed E-state index contributed by atoms with van der Waals surface area (Å²) in [7, 11) is 0. The molecule has 0 spiro atoms. The van der Waals surface area contributed by atoms with E-state index < -0.39 is 18.9 Å². The van der Waals surface area contributed by atoms with Crippen LogP contribution in [0.4, 0.5) is 9.93 Å². The van der Waals surface area contributed by atoms with Crippen LogP contribution in [0, 0.1) is 5.92 Å². The van der Waals surface area contributed by atoms with Crippen LogP contribution in [0.15, 0.2) is 5.38 Å². The lowest BCUT2D eigenvalue weighted by Gasteiger charge is -2.37. The number of carbonyl (C=O) groups excluding carboxylic acids is 4. The maximum atomic E-state index is 12.5. The molecule has 170 valence electrons. The van der Waals surface area contributed by atoms with Gasteiger partial charge in [0.25, 0.3) is 5.91 Å². The van der Waals surface area contributed by atoms with Gasteiger partial charge >= 0.3 is 12.1 Å². The molecule has 1 N–H and O–H groups in total. The Bertz CT molecular complexity index is 839. The number of nitrogens with zero attached hydrogens (tertiary/aromatic N) is 3. The largest absolute Gasteiger partial charge is 0.428 e. The average molecular weight is 471 g/mol. The summed E-state index contributed by atoms with van der Waals surface area (Å²) >= 11 is 2.73. The zero-order valence-corrected chi connectivity index (χ0v) is 19.3. The molecule has 2 amide bonds. The minimum absolute atomic E-state index is 0.106. The number of hydrogen-bond donors (Lipinski definition) is 1. The second-order valence-electron chi connectivity index (χ2n) is 7.70. The molecule has 3 heterocycles. The van der Waals surface area contributed by atoms with Crippen LogP contribution >= 0.6 is 23.1 Å². The van der Waals surface area contributed by atoms with Gasteiger partial charge in [0.1, 0.15) is 5.69 Å². The highest BCUT2D eigenvalue weighted by Gasteiger charge is 2.32. The minimum Gasteiger partial charge on any atom is -0.428 e. The van der Waals surface area contributed by atoms with E-state index in [0.29, 0.717) is 25.2 Å². The number of amides is 2. The first-order valence-corrected chi connectivity index (χ1v) is 11.8. The van der Waals surface area contributed by atoms with Crippen LogP contribution in [0.3, 0.4) is 0 Å². The summed E-state index contributed by atoms with van der Waals surface area (Å²) in [4.78, 5) is 55.0. The molecular formula is C19H26N4O6S2. The van der Waals surface area contributed by atoms with Crippen molar-refractivity contribution in [3.8, 4) is 0 Å². The Labute approximate surface area is 188 Å². The molecule has 0 aliphatic carbocycles. The second-order valence-corrected chi connectivity index (χ2v) is 10.0. The van der Waals surface area contributed by atoms with Gasteiger partial charge in [0.05, 0.1) is 5.92 Å². The van der Waals surface area contributed by atoms with Crippen molar-refractivity contribution < 1.29 is 28.7 Å². The van der Waals surface area contributed by atoms with Gasteiger partial charge in [-0.25, -0.2) is 9.78 Å². The van der Waals surface area contributed by atoms with E-state index in [4.69, 9.17) is 9.47 Å². The third-order valence-electron chi connectivity index (χ3n) is 4.81. The summed E-state index contributed by atoms with van der Waals surface area (Å²) in [6, 6.07) is -0.205. The quantitative estimate of drug-likeness (QED) is 0.469. The third-order valence-corrected chi connectivity index (χ3v) is 6.68. The van der Waals surface area contributed by atoms with E-state index in [0.717, 1.165) is 18.2 Å². The number of nitrogens with one attached hydrogen (secondary N) is 1. The lowest BCUT2D eigenvalue weighted by molar-refractivity contribution is -0.156. The molecule has 2 saturated heterocycles. The number of hydrogen-bond acceptors (Lipinski definition) is 10. The second kappa shape index (κ2) is 10.3. The van der Waals surface area contributed by atoms with Crippen molar-refractivity contribution in [3.63, 3.8) is 0 Å². The minimum atomic E-state index is -0.583. The smallest absolute Gasteiger partial charge is 0.412 e. The monoisotopic (exact) mass is 470 g/mol. The van der Waals surface area contributed by atoms with Crippen molar-refractivity contribution in [2.75, 3.05) is 37.9 Å². The van der Waals surface area contributed by atoms with Crippen LogP contribution in [-0.4, -0.2) is 77.2 Å². The fourth-order valence-corrected chi connectivity index (χ4v) is 4.92. The summed E-state index contributed by atoms with van der Waals surface area (Å²) in [6.45, 7) is 6.76. The molecule has 0 aromatic carbocycles. The van der Waals surface area contributed by atoms with Crippen molar-refractivity contribution in [1.82, 2.24) is 15.2 Å². The molecule has 2 aliphatic rings. The van der Waals surface area contributed by atoms with Gasteiger partial charge in [0.15, 0.2) is 10.2 Å². The van der Waals surface area contributed by atoms with Crippen LogP contribution in [0.25, 0.3) is 0 Å². The number of carbonyl (C=O) groups is 4. The zero-order valence-electron chi connectivity index (χ0n) is 17.7. The first kappa shape index (κ1) is 23.3. The number of ether oxygens (including phenoxy) is 2. The van der Waals surface area contributed by atoms with Crippen molar-refractivity contribution in [2.24, 2.45) is 5.92 Å². The van der Waals surface area contributed by atoms with E-state index in [2.05, 4.69) is 10.3 Å². The van der Waals surface area contributed by atoms with Gasteiger partial charge in [0.2, 0.25) is 6.79 Å². The Balaban J connectivity index is 1.40. The van der Waals surface area contributed by atoms with Gasteiger partial charge in [-0.05, 0) is 6.42 Å². The summed E-state index contributed by atoms with van der Waals surface area (Å²) < 4.78 is 9.79. The van der Waals surface area contributed by atoms with Crippen LogP contribution in [0.1, 0.15) is 37.7 Å². The van der Waals surface area contributed by atoms with Crippen LogP contribution in [0.2, 0.25) is 0 Å². The van der Waals surface area contributed by atoms with E-state index in [9.17, 15) is 19.2 Å². The van der Waals surface area contributed by atoms with Gasteiger partial charge in [-0.1, -0.05) is 25.6 Å². The molecule has 1 atom stereocenters. The van der Waals surface area contributed by atoms with E-state index in [-0.39, 0.29) is 28.2 Å². The maximum Gasteiger partial charge on any atom is 0.412 e. The number of aromatic nitrogens is 1. The van der Waals surface area contributed by atoms with Gasteiger partial charge < -0.3 is 24.6 Å². The fraction of sp³-hybridized carbons (Fsp3) is 0.632. The Morgan fingerprint density at radius 2 is 2.00 bits per heavy atom. The molecule has 1 aromatic heterocycles. The topological polar surface area (TPSA) is 118 Å². The zero-order chi connectivity index (χ0) is 22.5. The number of likely N-dealkylation sites (tertiary alicyclic amines) is 1. The Hall–Kier alpha value is -2.34. The van der Waals surface area contributed by atoms with Crippen molar-refractivity contribution >= 4 is 51.3 Å². The molecule has 0 saturated carbocycles. The molecule has 0 unspecified atom stereocenters. The molecule has 2 aliphatic heterocycles. The number of anilines is 1. The van der Waals surface area contributed by atoms with E-state index in [1.165, 1.54) is 28.0 Å². The number of thioether (sulfide) groups is 1. The van der Waals surface area contributed by atoms with Gasteiger partial charge in [-0.15, -0.1) is 11.3 Å². The normalized spacial score (nSPS) is 18.6. The predicted molar refractivity (Wildman–Crippen MR) is 116 cm³/mol. The molecule has 1 aromatic rings. The number of thiazole rings is 1. The Kier molecular flexibility index (Phi) is 7.76. The van der Waals surface area contributed by atoms with E-state index in [1.54, 1.807) is 26.2 Å². The molecule has 2 fully saturated rings. The lowest BCUT2D eigenvalue weighted by atomic mass is 10.2. The third kappa shape index (κ3) is 6.33. The molecular weight excluding hydrogens is 444 g/mol. The first-order valence-electron chi connectivity index (χ1n) is 9.99. The fourth-order valence-electron chi connectivity index (χ4n) is 3.12. The van der Waals surface area contributed by atoms with Gasteiger partial charge in [-0.2, -0.15) is 0 Å². The SMILES string of the molecule is CC(=O)SC1CN(c2nc(C(=O)N[C@H]3CCN(C(=O)OCOC(=O)C(C)C)C3)cs2)C1. The summed E-state index contributed by atoms with van der Waals surface area (Å²) in [5.41, 5.74) is 0.337. The maximum absolute atomic E-state index is 12.5. The standard InChI is InChI=1S/C19H26N4O6S2/c1-11(2)17(26)28-10-29-19(27)22-5-4-13(6-22)20-16(25)15-9-30-18(21-15)23-7-14(8-23)31-12(3)24/h9,11,13-14H,4-8,10H2,1-3H3,(H,20,25)/t13-/m0/s1. The van der Waals surface area contributed by atoms with Crippen LogP contribution in [0.5, 0.6) is 0 Å². The summed E-state index contributed by atoms with van der Waals surface area (Å²) in [5, 5.41) is 5.75. The van der Waals surface area contributed by atoms with Crippen molar-refractivity contribution in [3.05, 3.63) is 11.1 Å². The average Bonchev–Trinajstić information content (AvgIpc) is 3.33. The highest BCUT2D eigenvalue weighted by molar-refractivity contribution is 8.14. The molecule has 12 heteroatoms. The van der Waals surface area contributed by atoms with Gasteiger partial charge in [0, 0.05) is 49.8 Å². The summed E-state index contributed by atoms with van der Waals surface area (Å²) in [6.07, 6.45) is 0.0136. The molecule has 3 rings (SSSR count). The highest BCUT2D eigenvalue weighted by Crippen LogP contribution is 2.30. The number of esters is 1. The molecule has 0 radical (unpaired) electrons. The van der Waals surface area contributed by atoms with E-state index in [1.807, 2.05) is 4.90 Å². The molecule has 0 bridgehead atoms. The first-order chi connectivity index (χ1) is 14.7. The van der Waals surface area contributed by atoms with Crippen LogP contribution in [-0.2, 0) is 19.1 Å². The Morgan fingerprint density at radius 1 is 1.26 bits per heavy atom. The Morgan fingerprint density at radius 3 is 2.68 bits per heavy atom. The van der Waals surface area contributed by atoms with Crippen molar-refractivity contribution in [1.29, 1.82) is 0 Å². The highest BCUT2D eigenvalue weighted by atomic mass is 32.2. The molecule has 10 nitrogen and oxygen atoms in total. The van der Waals surface area contributed by atoms with E-state index >= 15 is 0 Å². The summed E-state index contributed by atoms with van der Waals surface area (Å²) in [5.74, 6) is -1.02.